The zero-order valence-corrected chi connectivity index (χ0v) is 12.1. The predicted octanol–water partition coefficient (Wildman–Crippen LogP) is 0.380. The summed E-state index contributed by atoms with van der Waals surface area (Å²) in [5.74, 6) is -1.19. The molecular weight excluding hydrogens is 266 g/mol. The van der Waals surface area contributed by atoms with Crippen LogP contribution in [0, 0.1) is 0 Å². The molecule has 1 rings (SSSR count). The standard InChI is InChI=1S/C12H21N3O5/c1-11(2,3)20-10(19)14-12(8(16)17)5-6-15(7-12)9(18)13-4/h5-7H2,1-4H3,(H,13,18)(H,14,19)(H,16,17). The highest BCUT2D eigenvalue weighted by Crippen LogP contribution is 2.22. The normalized spacial score (nSPS) is 22.3. The second-order valence-corrected chi connectivity index (χ2v) is 5.74. The molecular formula is C12H21N3O5. The summed E-state index contributed by atoms with van der Waals surface area (Å²) in [5.41, 5.74) is -2.22. The first-order valence-corrected chi connectivity index (χ1v) is 6.31. The van der Waals surface area contributed by atoms with Crippen LogP contribution < -0.4 is 10.6 Å². The molecule has 3 N–H and O–H groups in total. The van der Waals surface area contributed by atoms with E-state index in [2.05, 4.69) is 10.6 Å². The van der Waals surface area contributed by atoms with Crippen molar-refractivity contribution in [2.24, 2.45) is 0 Å². The summed E-state index contributed by atoms with van der Waals surface area (Å²) in [7, 11) is 1.46. The van der Waals surface area contributed by atoms with Gasteiger partial charge >= 0.3 is 18.1 Å². The van der Waals surface area contributed by atoms with Gasteiger partial charge in [0.1, 0.15) is 5.60 Å². The molecule has 0 aromatic heterocycles. The maximum Gasteiger partial charge on any atom is 0.408 e. The fraction of sp³-hybridized carbons (Fsp3) is 0.750. The molecule has 3 amide bonds. The molecule has 0 aromatic rings. The van der Waals surface area contributed by atoms with E-state index in [1.165, 1.54) is 11.9 Å². The highest BCUT2D eigenvalue weighted by molar-refractivity contribution is 5.87. The summed E-state index contributed by atoms with van der Waals surface area (Å²) in [6, 6.07) is -0.376. The second-order valence-electron chi connectivity index (χ2n) is 5.74. The van der Waals surface area contributed by atoms with Gasteiger partial charge in [-0.2, -0.15) is 0 Å². The summed E-state index contributed by atoms with van der Waals surface area (Å²) in [4.78, 5) is 36.1. The maximum absolute atomic E-state index is 11.8. The average molecular weight is 287 g/mol. The predicted molar refractivity (Wildman–Crippen MR) is 70.4 cm³/mol. The molecule has 1 atom stereocenters. The molecule has 0 aromatic carbocycles. The minimum Gasteiger partial charge on any atom is -0.479 e. The van der Waals surface area contributed by atoms with Crippen molar-refractivity contribution < 1.29 is 24.2 Å². The minimum atomic E-state index is -1.51. The Bertz CT molecular complexity index is 418. The fourth-order valence-corrected chi connectivity index (χ4v) is 1.97. The summed E-state index contributed by atoms with van der Waals surface area (Å²) in [6.07, 6.45) is -0.673. The molecule has 1 fully saturated rings. The van der Waals surface area contributed by atoms with Crippen LogP contribution in [0.15, 0.2) is 0 Å². The number of likely N-dealkylation sites (tertiary alicyclic amines) is 1. The summed E-state index contributed by atoms with van der Waals surface area (Å²) < 4.78 is 5.06. The molecule has 0 spiro atoms. The molecule has 0 aliphatic carbocycles. The largest absolute Gasteiger partial charge is 0.479 e. The van der Waals surface area contributed by atoms with E-state index in [9.17, 15) is 19.5 Å². The Balaban J connectivity index is 2.78. The molecule has 1 unspecified atom stereocenters. The molecule has 8 nitrogen and oxygen atoms in total. The third-order valence-electron chi connectivity index (χ3n) is 2.92. The monoisotopic (exact) mass is 287 g/mol. The first kappa shape index (κ1) is 16.1. The highest BCUT2D eigenvalue weighted by Gasteiger charge is 2.48. The third-order valence-corrected chi connectivity index (χ3v) is 2.92. The van der Waals surface area contributed by atoms with Crippen LogP contribution in [0.25, 0.3) is 0 Å². The zero-order valence-electron chi connectivity index (χ0n) is 12.1. The number of ether oxygens (including phenoxy) is 1. The summed E-state index contributed by atoms with van der Waals surface area (Å²) in [5, 5.41) is 14.2. The maximum atomic E-state index is 11.8. The van der Waals surface area contributed by atoms with Gasteiger partial charge in [-0.15, -0.1) is 0 Å². The van der Waals surface area contributed by atoms with Gasteiger partial charge in [-0.1, -0.05) is 0 Å². The van der Waals surface area contributed by atoms with Crippen LogP contribution >= 0.6 is 0 Å². The zero-order chi connectivity index (χ0) is 15.6. The number of alkyl carbamates (subject to hydrolysis) is 1. The second kappa shape index (κ2) is 5.56. The Hall–Kier alpha value is -1.99. The number of rotatable bonds is 2. The van der Waals surface area contributed by atoms with Crippen LogP contribution in [0.2, 0.25) is 0 Å². The van der Waals surface area contributed by atoms with Crippen LogP contribution in [-0.2, 0) is 9.53 Å². The van der Waals surface area contributed by atoms with Gasteiger partial charge in [-0.25, -0.2) is 14.4 Å². The van der Waals surface area contributed by atoms with Crippen molar-refractivity contribution in [3.05, 3.63) is 0 Å². The van der Waals surface area contributed by atoms with Gasteiger partial charge in [0, 0.05) is 20.0 Å². The van der Waals surface area contributed by atoms with Crippen molar-refractivity contribution in [2.75, 3.05) is 20.1 Å². The van der Waals surface area contributed by atoms with E-state index in [-0.39, 0.29) is 25.5 Å². The van der Waals surface area contributed by atoms with E-state index in [1.807, 2.05) is 0 Å². The number of nitrogens with zero attached hydrogens (tertiary/aromatic N) is 1. The van der Waals surface area contributed by atoms with Crippen LogP contribution in [0.4, 0.5) is 9.59 Å². The molecule has 0 radical (unpaired) electrons. The lowest BCUT2D eigenvalue weighted by Gasteiger charge is -2.28. The lowest BCUT2D eigenvalue weighted by Crippen LogP contribution is -2.57. The smallest absolute Gasteiger partial charge is 0.408 e. The number of hydrogen-bond donors (Lipinski definition) is 3. The molecule has 20 heavy (non-hydrogen) atoms. The number of carbonyl (C=O) groups excluding carboxylic acids is 2. The van der Waals surface area contributed by atoms with Gasteiger partial charge in [-0.05, 0) is 20.8 Å². The fourth-order valence-electron chi connectivity index (χ4n) is 1.97. The number of aliphatic carboxylic acids is 1. The molecule has 1 heterocycles. The van der Waals surface area contributed by atoms with Crippen molar-refractivity contribution in [2.45, 2.75) is 38.3 Å². The van der Waals surface area contributed by atoms with E-state index >= 15 is 0 Å². The van der Waals surface area contributed by atoms with E-state index in [0.29, 0.717) is 0 Å². The molecule has 114 valence electrons. The lowest BCUT2D eigenvalue weighted by molar-refractivity contribution is -0.144. The van der Waals surface area contributed by atoms with Crippen LogP contribution in [0.5, 0.6) is 0 Å². The SMILES string of the molecule is CNC(=O)N1CCC(NC(=O)OC(C)(C)C)(C(=O)O)C1. The van der Waals surface area contributed by atoms with Crippen LogP contribution in [0.3, 0.4) is 0 Å². The first-order valence-electron chi connectivity index (χ1n) is 6.31. The highest BCUT2D eigenvalue weighted by atomic mass is 16.6. The number of amides is 3. The Morgan fingerprint density at radius 1 is 1.30 bits per heavy atom. The third kappa shape index (κ3) is 3.75. The van der Waals surface area contributed by atoms with E-state index in [1.54, 1.807) is 20.8 Å². The van der Waals surface area contributed by atoms with Crippen molar-refractivity contribution in [1.29, 1.82) is 0 Å². The summed E-state index contributed by atoms with van der Waals surface area (Å²) >= 11 is 0. The number of carboxylic acids is 1. The Kier molecular flexibility index (Phi) is 4.46. The van der Waals surface area contributed by atoms with Crippen molar-refractivity contribution in [1.82, 2.24) is 15.5 Å². The quantitative estimate of drug-likeness (QED) is 0.680. The van der Waals surface area contributed by atoms with E-state index in [4.69, 9.17) is 4.74 Å². The average Bonchev–Trinajstić information content (AvgIpc) is 2.70. The molecule has 0 bridgehead atoms. The Morgan fingerprint density at radius 3 is 2.35 bits per heavy atom. The number of carbonyl (C=O) groups is 3. The summed E-state index contributed by atoms with van der Waals surface area (Å²) in [6.45, 7) is 5.21. The number of carboxylic acid groups (broad SMARTS) is 1. The molecule has 8 heteroatoms. The number of urea groups is 1. The van der Waals surface area contributed by atoms with Gasteiger partial charge in [0.15, 0.2) is 5.54 Å². The molecule has 0 saturated carbocycles. The van der Waals surface area contributed by atoms with Crippen molar-refractivity contribution >= 4 is 18.1 Å². The minimum absolute atomic E-state index is 0.0960. The van der Waals surface area contributed by atoms with E-state index in [0.717, 1.165) is 0 Å². The van der Waals surface area contributed by atoms with Gasteiger partial charge in [0.25, 0.3) is 0 Å². The topological polar surface area (TPSA) is 108 Å². The van der Waals surface area contributed by atoms with Gasteiger partial charge < -0.3 is 25.4 Å². The van der Waals surface area contributed by atoms with Gasteiger partial charge in [-0.3, -0.25) is 0 Å². The van der Waals surface area contributed by atoms with E-state index < -0.39 is 23.2 Å². The van der Waals surface area contributed by atoms with Crippen LogP contribution in [-0.4, -0.2) is 59.4 Å². The van der Waals surface area contributed by atoms with Crippen LogP contribution in [0.1, 0.15) is 27.2 Å². The van der Waals surface area contributed by atoms with Crippen molar-refractivity contribution in [3.8, 4) is 0 Å². The van der Waals surface area contributed by atoms with Gasteiger partial charge in [0.2, 0.25) is 0 Å². The van der Waals surface area contributed by atoms with Crippen molar-refractivity contribution in [3.63, 3.8) is 0 Å². The molecule has 1 aliphatic heterocycles. The lowest BCUT2D eigenvalue weighted by atomic mass is 9.99. The first-order chi connectivity index (χ1) is 9.09. The Morgan fingerprint density at radius 2 is 1.90 bits per heavy atom. The number of hydrogen-bond acceptors (Lipinski definition) is 4. The Labute approximate surface area is 117 Å². The molecule has 1 aliphatic rings. The molecule has 1 saturated heterocycles. The number of nitrogens with one attached hydrogen (secondary N) is 2. The van der Waals surface area contributed by atoms with Gasteiger partial charge in [0.05, 0.1) is 6.54 Å².